The number of hydrogen-bond acceptors (Lipinski definition) is 2. The molecule has 3 heteroatoms. The van der Waals surface area contributed by atoms with Gasteiger partial charge in [0.05, 0.1) is 0 Å². The molecule has 1 N–H and O–H groups in total. The van der Waals surface area contributed by atoms with Crippen LogP contribution in [0.3, 0.4) is 0 Å². The van der Waals surface area contributed by atoms with Crippen molar-refractivity contribution in [3.63, 3.8) is 0 Å². The summed E-state index contributed by atoms with van der Waals surface area (Å²) in [5, 5.41) is 3.43. The average molecular weight is 241 g/mol. The molecule has 1 nitrogen and oxygen atoms in total. The molecule has 16 heavy (non-hydrogen) atoms. The predicted octanol–water partition coefficient (Wildman–Crippen LogP) is 3.10. The topological polar surface area (TPSA) is 12.0 Å². The Balaban J connectivity index is 2.26. The van der Waals surface area contributed by atoms with Crippen LogP contribution in [-0.2, 0) is 6.42 Å². The Morgan fingerprint density at radius 2 is 2.12 bits per heavy atom. The van der Waals surface area contributed by atoms with Crippen molar-refractivity contribution in [2.45, 2.75) is 25.8 Å². The van der Waals surface area contributed by atoms with Gasteiger partial charge in [-0.15, -0.1) is 0 Å². The summed E-state index contributed by atoms with van der Waals surface area (Å²) in [7, 11) is 0. The van der Waals surface area contributed by atoms with Gasteiger partial charge in [-0.25, -0.2) is 4.39 Å². The van der Waals surface area contributed by atoms with Gasteiger partial charge in [-0.2, -0.15) is 11.8 Å². The van der Waals surface area contributed by atoms with Crippen LogP contribution in [0.2, 0.25) is 0 Å². The van der Waals surface area contributed by atoms with Crippen LogP contribution in [0, 0.1) is 5.82 Å². The second kappa shape index (κ2) is 7.69. The van der Waals surface area contributed by atoms with Crippen molar-refractivity contribution in [1.82, 2.24) is 5.32 Å². The van der Waals surface area contributed by atoms with Crippen LogP contribution in [0.1, 0.15) is 18.9 Å². The summed E-state index contributed by atoms with van der Waals surface area (Å²) in [6, 6.07) is 7.47. The maximum Gasteiger partial charge on any atom is 0.126 e. The first-order valence-electron chi connectivity index (χ1n) is 5.69. The van der Waals surface area contributed by atoms with Gasteiger partial charge in [0.15, 0.2) is 0 Å². The number of benzene rings is 1. The van der Waals surface area contributed by atoms with Crippen molar-refractivity contribution in [3.8, 4) is 0 Å². The molecular formula is C13H20FNS. The monoisotopic (exact) mass is 241 g/mol. The largest absolute Gasteiger partial charge is 0.313 e. The van der Waals surface area contributed by atoms with Crippen molar-refractivity contribution < 1.29 is 4.39 Å². The lowest BCUT2D eigenvalue weighted by Gasteiger charge is -2.13. The molecule has 1 unspecified atom stereocenters. The van der Waals surface area contributed by atoms with E-state index in [-0.39, 0.29) is 5.82 Å². The fraction of sp³-hybridized carbons (Fsp3) is 0.538. The van der Waals surface area contributed by atoms with Crippen molar-refractivity contribution in [3.05, 3.63) is 35.6 Å². The SMILES string of the molecule is CSCCNC(C)CCc1ccccc1F. The van der Waals surface area contributed by atoms with Gasteiger partial charge in [-0.3, -0.25) is 0 Å². The van der Waals surface area contributed by atoms with E-state index in [1.807, 2.05) is 23.9 Å². The Hall–Kier alpha value is -0.540. The Kier molecular flexibility index (Phi) is 6.50. The normalized spacial score (nSPS) is 12.7. The van der Waals surface area contributed by atoms with Gasteiger partial charge in [-0.1, -0.05) is 18.2 Å². The minimum absolute atomic E-state index is 0.0844. The quantitative estimate of drug-likeness (QED) is 0.736. The molecule has 90 valence electrons. The molecule has 0 aliphatic carbocycles. The van der Waals surface area contributed by atoms with Crippen molar-refractivity contribution >= 4 is 11.8 Å². The van der Waals surface area contributed by atoms with Crippen LogP contribution in [0.4, 0.5) is 4.39 Å². The second-order valence-electron chi connectivity index (χ2n) is 3.98. The molecule has 0 radical (unpaired) electrons. The summed E-state index contributed by atoms with van der Waals surface area (Å²) in [6.07, 6.45) is 3.89. The van der Waals surface area contributed by atoms with Gasteiger partial charge in [0.25, 0.3) is 0 Å². The van der Waals surface area contributed by atoms with Crippen LogP contribution in [0.25, 0.3) is 0 Å². The average Bonchev–Trinajstić information content (AvgIpc) is 2.28. The van der Waals surface area contributed by atoms with Crippen molar-refractivity contribution in [2.24, 2.45) is 0 Å². The predicted molar refractivity (Wildman–Crippen MR) is 70.6 cm³/mol. The van der Waals surface area contributed by atoms with Crippen LogP contribution in [0.5, 0.6) is 0 Å². The van der Waals surface area contributed by atoms with Gasteiger partial charge in [0.1, 0.15) is 5.82 Å². The van der Waals surface area contributed by atoms with E-state index in [2.05, 4.69) is 18.5 Å². The van der Waals surface area contributed by atoms with Gasteiger partial charge in [-0.05, 0) is 37.7 Å². The molecule has 0 amide bonds. The first-order valence-corrected chi connectivity index (χ1v) is 7.09. The Morgan fingerprint density at radius 3 is 2.81 bits per heavy atom. The number of aryl methyl sites for hydroxylation is 1. The van der Waals surface area contributed by atoms with Gasteiger partial charge >= 0.3 is 0 Å². The van der Waals surface area contributed by atoms with Gasteiger partial charge < -0.3 is 5.32 Å². The lowest BCUT2D eigenvalue weighted by molar-refractivity contribution is 0.522. The molecule has 0 aromatic heterocycles. The fourth-order valence-electron chi connectivity index (χ4n) is 1.58. The third-order valence-electron chi connectivity index (χ3n) is 2.60. The summed E-state index contributed by atoms with van der Waals surface area (Å²) in [6.45, 7) is 3.18. The minimum atomic E-state index is -0.0844. The smallest absolute Gasteiger partial charge is 0.126 e. The highest BCUT2D eigenvalue weighted by Crippen LogP contribution is 2.10. The summed E-state index contributed by atoms with van der Waals surface area (Å²) >= 11 is 1.84. The zero-order valence-electron chi connectivity index (χ0n) is 10.0. The molecule has 0 heterocycles. The molecule has 1 rings (SSSR count). The summed E-state index contributed by atoms with van der Waals surface area (Å²) < 4.78 is 13.3. The molecular weight excluding hydrogens is 221 g/mol. The molecule has 1 aromatic rings. The molecule has 0 fully saturated rings. The third kappa shape index (κ3) is 4.99. The Bertz CT molecular complexity index is 304. The summed E-state index contributed by atoms with van der Waals surface area (Å²) in [5.41, 5.74) is 0.820. The molecule has 0 aliphatic rings. The highest BCUT2D eigenvalue weighted by Gasteiger charge is 2.04. The molecule has 0 spiro atoms. The zero-order chi connectivity index (χ0) is 11.8. The molecule has 0 bridgehead atoms. The van der Waals surface area contributed by atoms with Crippen molar-refractivity contribution in [1.29, 1.82) is 0 Å². The molecule has 0 saturated heterocycles. The van der Waals surface area contributed by atoms with E-state index in [4.69, 9.17) is 0 Å². The maximum absolute atomic E-state index is 13.3. The molecule has 0 saturated carbocycles. The van der Waals surface area contributed by atoms with E-state index in [0.717, 1.165) is 30.7 Å². The van der Waals surface area contributed by atoms with Crippen molar-refractivity contribution in [2.75, 3.05) is 18.6 Å². The van der Waals surface area contributed by atoms with E-state index < -0.39 is 0 Å². The molecule has 1 aromatic carbocycles. The second-order valence-corrected chi connectivity index (χ2v) is 4.96. The number of hydrogen-bond donors (Lipinski definition) is 1. The molecule has 1 atom stereocenters. The van der Waals surface area contributed by atoms with Crippen LogP contribution < -0.4 is 5.32 Å². The summed E-state index contributed by atoms with van der Waals surface area (Å²) in [5.74, 6) is 1.04. The van der Waals surface area contributed by atoms with E-state index in [9.17, 15) is 4.39 Å². The van der Waals surface area contributed by atoms with Gasteiger partial charge in [0.2, 0.25) is 0 Å². The lowest BCUT2D eigenvalue weighted by atomic mass is 10.1. The highest BCUT2D eigenvalue weighted by atomic mass is 32.2. The zero-order valence-corrected chi connectivity index (χ0v) is 10.8. The Morgan fingerprint density at radius 1 is 1.38 bits per heavy atom. The summed E-state index contributed by atoms with van der Waals surface area (Å²) in [4.78, 5) is 0. The van der Waals surface area contributed by atoms with Gasteiger partial charge in [0, 0.05) is 18.3 Å². The van der Waals surface area contributed by atoms with E-state index in [1.165, 1.54) is 6.07 Å². The van der Waals surface area contributed by atoms with Crippen LogP contribution >= 0.6 is 11.8 Å². The molecule has 0 aliphatic heterocycles. The first-order chi connectivity index (χ1) is 7.74. The lowest BCUT2D eigenvalue weighted by Crippen LogP contribution is -2.28. The van der Waals surface area contributed by atoms with Crippen LogP contribution in [-0.4, -0.2) is 24.6 Å². The minimum Gasteiger partial charge on any atom is -0.313 e. The number of thioether (sulfide) groups is 1. The highest BCUT2D eigenvalue weighted by molar-refractivity contribution is 7.98. The fourth-order valence-corrected chi connectivity index (χ4v) is 1.90. The third-order valence-corrected chi connectivity index (χ3v) is 3.22. The number of nitrogens with one attached hydrogen (secondary N) is 1. The van der Waals surface area contributed by atoms with Crippen LogP contribution in [0.15, 0.2) is 24.3 Å². The number of halogens is 1. The van der Waals surface area contributed by atoms with E-state index in [0.29, 0.717) is 6.04 Å². The van der Waals surface area contributed by atoms with E-state index >= 15 is 0 Å². The standard InChI is InChI=1S/C13H20FNS/c1-11(15-9-10-16-2)7-8-12-5-3-4-6-13(12)14/h3-6,11,15H,7-10H2,1-2H3. The maximum atomic E-state index is 13.3. The first kappa shape index (κ1) is 13.5. The Labute approximate surface area is 102 Å². The number of rotatable bonds is 7. The van der Waals surface area contributed by atoms with E-state index in [1.54, 1.807) is 6.07 Å².